The number of hydrogen-bond acceptors (Lipinski definition) is 7. The number of anilines is 1. The normalized spacial score (nSPS) is 10.5. The van der Waals surface area contributed by atoms with E-state index in [0.717, 1.165) is 10.7 Å². The predicted molar refractivity (Wildman–Crippen MR) is 62.9 cm³/mol. The molecule has 90 valence electrons. The third-order valence-corrected chi connectivity index (χ3v) is 2.91. The summed E-state index contributed by atoms with van der Waals surface area (Å²) in [6.45, 7) is 1.92. The van der Waals surface area contributed by atoms with Crippen molar-refractivity contribution in [2.45, 2.75) is 17.1 Å². The highest BCUT2D eigenvalue weighted by Crippen LogP contribution is 2.25. The van der Waals surface area contributed by atoms with Crippen molar-refractivity contribution < 1.29 is 4.74 Å². The van der Waals surface area contributed by atoms with E-state index >= 15 is 0 Å². The van der Waals surface area contributed by atoms with E-state index in [1.807, 2.05) is 20.0 Å². The molecule has 0 unspecified atom stereocenters. The molecule has 0 aromatic carbocycles. The number of aromatic nitrogens is 5. The summed E-state index contributed by atoms with van der Waals surface area (Å²) in [6, 6.07) is 2.15. The maximum atomic E-state index is 5.55. The molecule has 2 aromatic heterocycles. The highest BCUT2D eigenvalue weighted by molar-refractivity contribution is 7.99. The lowest BCUT2D eigenvalue weighted by molar-refractivity contribution is 0.374. The molecule has 0 aliphatic carbocycles. The molecule has 8 heteroatoms. The monoisotopic (exact) mass is 252 g/mol. The quantitative estimate of drug-likeness (QED) is 0.857. The second kappa shape index (κ2) is 4.58. The average molecular weight is 252 g/mol. The highest BCUT2D eigenvalue weighted by Gasteiger charge is 2.09. The van der Waals surface area contributed by atoms with E-state index in [0.29, 0.717) is 5.16 Å². The summed E-state index contributed by atoms with van der Waals surface area (Å²) < 4.78 is 6.69. The van der Waals surface area contributed by atoms with Crippen LogP contribution in [0.2, 0.25) is 0 Å². The van der Waals surface area contributed by atoms with E-state index in [1.165, 1.54) is 18.9 Å². The van der Waals surface area contributed by atoms with Gasteiger partial charge in [-0.05, 0) is 24.8 Å². The zero-order valence-corrected chi connectivity index (χ0v) is 10.5. The molecule has 2 rings (SSSR count). The maximum Gasteiger partial charge on any atom is 0.321 e. The first-order chi connectivity index (χ1) is 8.08. The minimum Gasteiger partial charge on any atom is -0.467 e. The number of hydrogen-bond donors (Lipinski definition) is 1. The van der Waals surface area contributed by atoms with Crippen LogP contribution in [0.5, 0.6) is 6.01 Å². The van der Waals surface area contributed by atoms with Crippen LogP contribution in [0.1, 0.15) is 5.69 Å². The minimum atomic E-state index is 0.137. The summed E-state index contributed by atoms with van der Waals surface area (Å²) in [6.07, 6.45) is 0. The molecular formula is C9H12N6OS. The van der Waals surface area contributed by atoms with Crippen LogP contribution in [0.25, 0.3) is 0 Å². The van der Waals surface area contributed by atoms with Crippen LogP contribution < -0.4 is 10.5 Å². The zero-order valence-electron chi connectivity index (χ0n) is 9.71. The van der Waals surface area contributed by atoms with Gasteiger partial charge in [-0.3, -0.25) is 4.68 Å². The van der Waals surface area contributed by atoms with Gasteiger partial charge in [-0.1, -0.05) is 0 Å². The second-order valence-electron chi connectivity index (χ2n) is 3.31. The third-order valence-electron chi connectivity index (χ3n) is 1.95. The Morgan fingerprint density at radius 3 is 2.71 bits per heavy atom. The van der Waals surface area contributed by atoms with Gasteiger partial charge in [-0.25, -0.2) is 0 Å². The van der Waals surface area contributed by atoms with Crippen molar-refractivity contribution in [1.82, 2.24) is 24.7 Å². The maximum absolute atomic E-state index is 5.55. The fourth-order valence-electron chi connectivity index (χ4n) is 1.27. The summed E-state index contributed by atoms with van der Waals surface area (Å²) in [5.41, 5.74) is 6.49. The first kappa shape index (κ1) is 11.6. The van der Waals surface area contributed by atoms with Gasteiger partial charge in [0.1, 0.15) is 5.03 Å². The van der Waals surface area contributed by atoms with Crippen molar-refractivity contribution in [3.63, 3.8) is 0 Å². The SMILES string of the molecule is COc1nc(N)nc(Sc2cc(C)nn2C)n1. The molecule has 0 fully saturated rings. The van der Waals surface area contributed by atoms with Crippen LogP contribution >= 0.6 is 11.8 Å². The van der Waals surface area contributed by atoms with Crippen molar-refractivity contribution in [3.8, 4) is 6.01 Å². The van der Waals surface area contributed by atoms with E-state index in [9.17, 15) is 0 Å². The molecule has 0 amide bonds. The predicted octanol–water partition coefficient (Wildman–Crippen LogP) is 0.656. The molecule has 0 aliphatic heterocycles. The van der Waals surface area contributed by atoms with Crippen molar-refractivity contribution >= 4 is 17.7 Å². The molecular weight excluding hydrogens is 240 g/mol. The molecule has 0 saturated carbocycles. The van der Waals surface area contributed by atoms with Crippen LogP contribution in [-0.2, 0) is 7.05 Å². The van der Waals surface area contributed by atoms with Gasteiger partial charge in [-0.15, -0.1) is 0 Å². The average Bonchev–Trinajstić information content (AvgIpc) is 2.56. The molecule has 0 bridgehead atoms. The Morgan fingerprint density at radius 2 is 2.12 bits per heavy atom. The van der Waals surface area contributed by atoms with Crippen molar-refractivity contribution in [1.29, 1.82) is 0 Å². The number of ether oxygens (including phenoxy) is 1. The first-order valence-corrected chi connectivity index (χ1v) is 5.64. The van der Waals surface area contributed by atoms with Gasteiger partial charge in [0.15, 0.2) is 0 Å². The summed E-state index contributed by atoms with van der Waals surface area (Å²) in [5, 5.41) is 5.64. The van der Waals surface area contributed by atoms with Crippen molar-refractivity contribution in [3.05, 3.63) is 11.8 Å². The number of nitrogens with two attached hydrogens (primary N) is 1. The topological polar surface area (TPSA) is 91.7 Å². The number of aryl methyl sites for hydroxylation is 2. The Bertz CT molecular complexity index is 540. The summed E-state index contributed by atoms with van der Waals surface area (Å²) in [4.78, 5) is 11.9. The van der Waals surface area contributed by atoms with Gasteiger partial charge >= 0.3 is 6.01 Å². The van der Waals surface area contributed by atoms with Gasteiger partial charge in [0.2, 0.25) is 11.1 Å². The standard InChI is InChI=1S/C9H12N6OS/c1-5-4-6(15(2)14-5)17-9-12-7(10)11-8(13-9)16-3/h4H,1-3H3,(H2,10,11,12,13). The van der Waals surface area contributed by atoms with E-state index < -0.39 is 0 Å². The Hall–Kier alpha value is -1.83. The lowest BCUT2D eigenvalue weighted by Gasteiger charge is -2.03. The Kier molecular flexibility index (Phi) is 3.14. The van der Waals surface area contributed by atoms with Gasteiger partial charge in [0.25, 0.3) is 0 Å². The minimum absolute atomic E-state index is 0.137. The Morgan fingerprint density at radius 1 is 1.35 bits per heavy atom. The lowest BCUT2D eigenvalue weighted by atomic mass is 10.5. The summed E-state index contributed by atoms with van der Waals surface area (Å²) >= 11 is 1.36. The Balaban J connectivity index is 2.29. The number of methoxy groups -OCH3 is 1. The number of nitrogen functional groups attached to an aromatic ring is 1. The van der Waals surface area contributed by atoms with Crippen LogP contribution in [0, 0.1) is 6.92 Å². The molecule has 0 aliphatic rings. The van der Waals surface area contributed by atoms with E-state index in [2.05, 4.69) is 20.1 Å². The molecule has 2 N–H and O–H groups in total. The molecule has 17 heavy (non-hydrogen) atoms. The van der Waals surface area contributed by atoms with E-state index in [4.69, 9.17) is 10.5 Å². The fraction of sp³-hybridized carbons (Fsp3) is 0.333. The van der Waals surface area contributed by atoms with Crippen molar-refractivity contribution in [2.24, 2.45) is 7.05 Å². The van der Waals surface area contributed by atoms with Crippen LogP contribution in [0.3, 0.4) is 0 Å². The van der Waals surface area contributed by atoms with Gasteiger partial charge in [-0.2, -0.15) is 20.1 Å². The van der Waals surface area contributed by atoms with Gasteiger partial charge in [0, 0.05) is 7.05 Å². The van der Waals surface area contributed by atoms with Crippen LogP contribution in [-0.4, -0.2) is 31.8 Å². The number of rotatable bonds is 3. The summed E-state index contributed by atoms with van der Waals surface area (Å²) in [7, 11) is 3.34. The summed E-state index contributed by atoms with van der Waals surface area (Å²) in [5.74, 6) is 0.137. The van der Waals surface area contributed by atoms with Crippen LogP contribution in [0.15, 0.2) is 16.2 Å². The van der Waals surface area contributed by atoms with Gasteiger partial charge in [0.05, 0.1) is 12.8 Å². The second-order valence-corrected chi connectivity index (χ2v) is 4.30. The Labute approximate surface area is 102 Å². The highest BCUT2D eigenvalue weighted by atomic mass is 32.2. The molecule has 2 heterocycles. The van der Waals surface area contributed by atoms with Crippen molar-refractivity contribution in [2.75, 3.05) is 12.8 Å². The zero-order chi connectivity index (χ0) is 12.4. The first-order valence-electron chi connectivity index (χ1n) is 4.82. The van der Waals surface area contributed by atoms with Crippen LogP contribution in [0.4, 0.5) is 5.95 Å². The molecule has 0 radical (unpaired) electrons. The third kappa shape index (κ3) is 2.64. The molecule has 0 saturated heterocycles. The largest absolute Gasteiger partial charge is 0.467 e. The smallest absolute Gasteiger partial charge is 0.321 e. The van der Waals surface area contributed by atoms with E-state index in [1.54, 1.807) is 4.68 Å². The van der Waals surface area contributed by atoms with Gasteiger partial charge < -0.3 is 10.5 Å². The fourth-order valence-corrected chi connectivity index (χ4v) is 2.12. The molecule has 2 aromatic rings. The molecule has 7 nitrogen and oxygen atoms in total. The lowest BCUT2D eigenvalue weighted by Crippen LogP contribution is -2.02. The van der Waals surface area contributed by atoms with E-state index in [-0.39, 0.29) is 12.0 Å². The molecule has 0 atom stereocenters. The molecule has 0 spiro atoms. The number of nitrogens with zero attached hydrogens (tertiary/aromatic N) is 5.